The number of rotatable bonds is 2. The third kappa shape index (κ3) is 2.62. The highest BCUT2D eigenvalue weighted by atomic mass is 35.5. The summed E-state index contributed by atoms with van der Waals surface area (Å²) in [5, 5.41) is 0. The van der Waals surface area contributed by atoms with E-state index in [1.54, 1.807) is 11.7 Å². The second kappa shape index (κ2) is 5.55. The SMILES string of the molecule is COc1ccc(-n2c(C)cc(=O)nc2N)cc1.Cl. The van der Waals surface area contributed by atoms with Crippen molar-refractivity contribution in [3.8, 4) is 11.4 Å². The number of benzene rings is 1. The highest BCUT2D eigenvalue weighted by Gasteiger charge is 2.05. The molecule has 0 radical (unpaired) electrons. The second-order valence-electron chi connectivity index (χ2n) is 3.63. The maximum atomic E-state index is 11.2. The van der Waals surface area contributed by atoms with Crippen molar-refractivity contribution in [2.24, 2.45) is 0 Å². The first kappa shape index (κ1) is 14.1. The van der Waals surface area contributed by atoms with Gasteiger partial charge in [-0.1, -0.05) is 0 Å². The van der Waals surface area contributed by atoms with Crippen molar-refractivity contribution in [3.05, 3.63) is 46.4 Å². The van der Waals surface area contributed by atoms with Crippen LogP contribution in [0.2, 0.25) is 0 Å². The largest absolute Gasteiger partial charge is 0.497 e. The normalized spacial score (nSPS) is 9.67. The molecule has 96 valence electrons. The predicted molar refractivity (Wildman–Crippen MR) is 72.8 cm³/mol. The Labute approximate surface area is 111 Å². The molecule has 0 spiro atoms. The van der Waals surface area contributed by atoms with Crippen LogP contribution in [0.5, 0.6) is 5.75 Å². The molecular weight excluding hydrogens is 254 g/mol. The molecule has 0 unspecified atom stereocenters. The quantitative estimate of drug-likeness (QED) is 0.896. The summed E-state index contributed by atoms with van der Waals surface area (Å²) in [7, 11) is 1.61. The fraction of sp³-hybridized carbons (Fsp3) is 0.167. The highest BCUT2D eigenvalue weighted by molar-refractivity contribution is 5.85. The van der Waals surface area contributed by atoms with Gasteiger partial charge in [-0.2, -0.15) is 4.98 Å². The fourth-order valence-corrected chi connectivity index (χ4v) is 1.69. The van der Waals surface area contributed by atoms with Crippen molar-refractivity contribution in [3.63, 3.8) is 0 Å². The maximum absolute atomic E-state index is 11.2. The molecule has 5 nitrogen and oxygen atoms in total. The number of anilines is 1. The molecule has 0 aliphatic rings. The molecule has 1 heterocycles. The monoisotopic (exact) mass is 267 g/mol. The van der Waals surface area contributed by atoms with Gasteiger partial charge < -0.3 is 10.5 Å². The number of halogens is 1. The minimum absolute atomic E-state index is 0. The van der Waals surface area contributed by atoms with Gasteiger partial charge in [0.15, 0.2) is 0 Å². The van der Waals surface area contributed by atoms with Gasteiger partial charge in [0, 0.05) is 17.4 Å². The number of nitrogens with zero attached hydrogens (tertiary/aromatic N) is 2. The van der Waals surface area contributed by atoms with Gasteiger partial charge in [0.2, 0.25) is 5.95 Å². The number of nitrogens with two attached hydrogens (primary N) is 1. The van der Waals surface area contributed by atoms with Crippen LogP contribution in [-0.2, 0) is 0 Å². The molecule has 1 aromatic heterocycles. The molecule has 2 aromatic rings. The first-order valence-corrected chi connectivity index (χ1v) is 5.12. The highest BCUT2D eigenvalue weighted by Crippen LogP contribution is 2.17. The lowest BCUT2D eigenvalue weighted by molar-refractivity contribution is 0.414. The van der Waals surface area contributed by atoms with Crippen LogP contribution in [0.3, 0.4) is 0 Å². The number of aryl methyl sites for hydroxylation is 1. The number of methoxy groups -OCH3 is 1. The molecule has 0 amide bonds. The Morgan fingerprint density at radius 2 is 1.89 bits per heavy atom. The Bertz CT molecular complexity index is 567. The fourth-order valence-electron chi connectivity index (χ4n) is 1.69. The number of hydrogen-bond donors (Lipinski definition) is 1. The number of nitrogen functional groups attached to an aromatic ring is 1. The summed E-state index contributed by atoms with van der Waals surface area (Å²) in [6, 6.07) is 8.81. The van der Waals surface area contributed by atoms with Gasteiger partial charge in [-0.25, -0.2) is 0 Å². The van der Waals surface area contributed by atoms with Crippen molar-refractivity contribution in [1.29, 1.82) is 0 Å². The van der Waals surface area contributed by atoms with Crippen molar-refractivity contribution in [2.45, 2.75) is 6.92 Å². The van der Waals surface area contributed by atoms with E-state index in [-0.39, 0.29) is 23.9 Å². The zero-order chi connectivity index (χ0) is 12.4. The summed E-state index contributed by atoms with van der Waals surface area (Å²) >= 11 is 0. The van der Waals surface area contributed by atoms with Gasteiger partial charge in [0.25, 0.3) is 5.56 Å². The van der Waals surface area contributed by atoms with Gasteiger partial charge in [-0.05, 0) is 31.2 Å². The Morgan fingerprint density at radius 1 is 1.28 bits per heavy atom. The third-order valence-corrected chi connectivity index (χ3v) is 2.47. The van der Waals surface area contributed by atoms with Crippen LogP contribution in [0.15, 0.2) is 35.1 Å². The lowest BCUT2D eigenvalue weighted by atomic mass is 10.3. The molecule has 0 saturated carbocycles. The van der Waals surface area contributed by atoms with Gasteiger partial charge in [0.05, 0.1) is 7.11 Å². The van der Waals surface area contributed by atoms with E-state index in [0.717, 1.165) is 17.1 Å². The molecule has 2 N–H and O–H groups in total. The van der Waals surface area contributed by atoms with Gasteiger partial charge >= 0.3 is 0 Å². The summed E-state index contributed by atoms with van der Waals surface area (Å²) in [5.74, 6) is 0.944. The van der Waals surface area contributed by atoms with E-state index in [0.29, 0.717) is 0 Å². The number of ether oxygens (including phenoxy) is 1. The van der Waals surface area contributed by atoms with E-state index in [1.807, 2.05) is 31.2 Å². The minimum atomic E-state index is -0.329. The first-order valence-electron chi connectivity index (χ1n) is 5.12. The molecule has 0 saturated heterocycles. The summed E-state index contributed by atoms with van der Waals surface area (Å²) in [5.41, 5.74) is 7.00. The average molecular weight is 268 g/mol. The minimum Gasteiger partial charge on any atom is -0.497 e. The van der Waals surface area contributed by atoms with E-state index in [1.165, 1.54) is 6.07 Å². The second-order valence-corrected chi connectivity index (χ2v) is 3.63. The standard InChI is InChI=1S/C12H13N3O2.ClH/c1-8-7-11(16)14-12(13)15(8)9-3-5-10(17-2)6-4-9;/h3-7H,1-2H3,(H2,13,14,16);1H. The Balaban J connectivity index is 0.00000162. The zero-order valence-electron chi connectivity index (χ0n) is 10.1. The van der Waals surface area contributed by atoms with Crippen LogP contribution in [0.25, 0.3) is 5.69 Å². The van der Waals surface area contributed by atoms with E-state index < -0.39 is 0 Å². The van der Waals surface area contributed by atoms with Gasteiger partial charge in [0.1, 0.15) is 5.75 Å². The van der Waals surface area contributed by atoms with Crippen molar-refractivity contribution >= 4 is 18.4 Å². The van der Waals surface area contributed by atoms with Crippen molar-refractivity contribution in [2.75, 3.05) is 12.8 Å². The number of aromatic nitrogens is 2. The summed E-state index contributed by atoms with van der Waals surface area (Å²) in [6.45, 7) is 1.81. The lowest BCUT2D eigenvalue weighted by Gasteiger charge is -2.12. The number of hydrogen-bond acceptors (Lipinski definition) is 4. The molecule has 0 aliphatic carbocycles. The Hall–Kier alpha value is -2.01. The molecule has 2 rings (SSSR count). The third-order valence-electron chi connectivity index (χ3n) is 2.47. The van der Waals surface area contributed by atoms with E-state index in [2.05, 4.69) is 4.98 Å². The van der Waals surface area contributed by atoms with Crippen LogP contribution >= 0.6 is 12.4 Å². The average Bonchev–Trinajstić information content (AvgIpc) is 2.28. The topological polar surface area (TPSA) is 70.1 Å². The zero-order valence-corrected chi connectivity index (χ0v) is 10.9. The molecule has 0 bridgehead atoms. The van der Waals surface area contributed by atoms with E-state index in [4.69, 9.17) is 10.5 Å². The smallest absolute Gasteiger partial charge is 0.274 e. The molecule has 18 heavy (non-hydrogen) atoms. The lowest BCUT2D eigenvalue weighted by Crippen LogP contribution is -2.17. The first-order chi connectivity index (χ1) is 8.11. The van der Waals surface area contributed by atoms with Crippen LogP contribution in [0.1, 0.15) is 5.69 Å². The van der Waals surface area contributed by atoms with Crippen LogP contribution in [-0.4, -0.2) is 16.7 Å². The van der Waals surface area contributed by atoms with Gasteiger partial charge in [-0.15, -0.1) is 12.4 Å². The van der Waals surface area contributed by atoms with Crippen LogP contribution in [0, 0.1) is 6.92 Å². The summed E-state index contributed by atoms with van der Waals surface area (Å²) in [6.07, 6.45) is 0. The Kier molecular flexibility index (Phi) is 4.33. The van der Waals surface area contributed by atoms with Crippen LogP contribution < -0.4 is 16.0 Å². The van der Waals surface area contributed by atoms with E-state index >= 15 is 0 Å². The Morgan fingerprint density at radius 3 is 2.39 bits per heavy atom. The molecule has 0 atom stereocenters. The van der Waals surface area contributed by atoms with E-state index in [9.17, 15) is 4.79 Å². The van der Waals surface area contributed by atoms with Crippen molar-refractivity contribution < 1.29 is 4.74 Å². The maximum Gasteiger partial charge on any atom is 0.274 e. The molecule has 0 aliphatic heterocycles. The predicted octanol–water partition coefficient (Wildman–Crippen LogP) is 1.55. The molecule has 1 aromatic carbocycles. The summed E-state index contributed by atoms with van der Waals surface area (Å²) in [4.78, 5) is 14.9. The molecular formula is C12H14ClN3O2. The van der Waals surface area contributed by atoms with Crippen LogP contribution in [0.4, 0.5) is 5.95 Å². The molecule has 0 fully saturated rings. The van der Waals surface area contributed by atoms with Crippen molar-refractivity contribution in [1.82, 2.24) is 9.55 Å². The summed E-state index contributed by atoms with van der Waals surface area (Å²) < 4.78 is 6.79. The van der Waals surface area contributed by atoms with Gasteiger partial charge in [-0.3, -0.25) is 9.36 Å². The molecule has 6 heteroatoms.